The van der Waals surface area contributed by atoms with E-state index in [1.165, 1.54) is 18.0 Å². The van der Waals surface area contributed by atoms with Crippen molar-refractivity contribution in [2.45, 2.75) is 13.8 Å². The molecule has 0 atom stereocenters. The number of aryl methyl sites for hydroxylation is 2. The van der Waals surface area contributed by atoms with E-state index < -0.39 is 5.63 Å². The fraction of sp³-hybridized carbons (Fsp3) is 0.118. The number of rotatable bonds is 2. The maximum atomic E-state index is 12.2. The molecule has 6 nitrogen and oxygen atoms in total. The molecule has 0 bridgehead atoms. The Morgan fingerprint density at radius 3 is 2.74 bits per heavy atom. The Labute approximate surface area is 131 Å². The van der Waals surface area contributed by atoms with E-state index in [1.807, 2.05) is 32.0 Å². The van der Waals surface area contributed by atoms with Crippen LogP contribution in [-0.2, 0) is 0 Å². The number of fused-ring (bicyclic) bond motifs is 1. The molecular formula is C17H13N3O3. The van der Waals surface area contributed by atoms with Gasteiger partial charge in [0.2, 0.25) is 0 Å². The quantitative estimate of drug-likeness (QED) is 0.568. The lowest BCUT2D eigenvalue weighted by Gasteiger charge is -2.06. The molecule has 114 valence electrons. The first-order valence-corrected chi connectivity index (χ1v) is 7.14. The molecule has 0 aliphatic rings. The van der Waals surface area contributed by atoms with E-state index in [4.69, 9.17) is 8.83 Å². The van der Waals surface area contributed by atoms with Crippen molar-refractivity contribution in [3.63, 3.8) is 0 Å². The first-order valence-electron chi connectivity index (χ1n) is 7.14. The van der Waals surface area contributed by atoms with Crippen molar-refractivity contribution in [3.05, 3.63) is 64.3 Å². The predicted molar refractivity (Wildman–Crippen MR) is 84.6 cm³/mol. The van der Waals surface area contributed by atoms with Crippen molar-refractivity contribution >= 4 is 11.0 Å². The zero-order valence-corrected chi connectivity index (χ0v) is 12.6. The van der Waals surface area contributed by atoms with Crippen LogP contribution in [0.1, 0.15) is 11.1 Å². The molecule has 0 amide bonds. The fourth-order valence-corrected chi connectivity index (χ4v) is 2.41. The fourth-order valence-electron chi connectivity index (χ4n) is 2.41. The normalized spacial score (nSPS) is 11.2. The summed E-state index contributed by atoms with van der Waals surface area (Å²) in [6.45, 7) is 4.07. The first kappa shape index (κ1) is 13.5. The van der Waals surface area contributed by atoms with Crippen LogP contribution in [0.2, 0.25) is 0 Å². The maximum Gasteiger partial charge on any atom is 0.350 e. The minimum Gasteiger partial charge on any atom is -0.459 e. The average Bonchev–Trinajstić information content (AvgIpc) is 3.19. The lowest BCUT2D eigenvalue weighted by molar-refractivity contribution is 0.481. The Balaban J connectivity index is 1.97. The summed E-state index contributed by atoms with van der Waals surface area (Å²) in [5, 5.41) is 4.62. The highest BCUT2D eigenvalue weighted by Gasteiger charge is 2.15. The van der Waals surface area contributed by atoms with Gasteiger partial charge in [-0.25, -0.2) is 9.48 Å². The van der Waals surface area contributed by atoms with Crippen LogP contribution in [0, 0.1) is 13.8 Å². The van der Waals surface area contributed by atoms with Crippen molar-refractivity contribution < 1.29 is 8.83 Å². The van der Waals surface area contributed by atoms with Crippen LogP contribution in [0.4, 0.5) is 0 Å². The zero-order valence-electron chi connectivity index (χ0n) is 12.6. The third kappa shape index (κ3) is 2.15. The van der Waals surface area contributed by atoms with Crippen molar-refractivity contribution in [2.75, 3.05) is 0 Å². The number of hydrogen-bond donors (Lipinski definition) is 0. The molecule has 0 N–H and O–H groups in total. The third-order valence-corrected chi connectivity index (χ3v) is 3.83. The van der Waals surface area contributed by atoms with Gasteiger partial charge < -0.3 is 8.83 Å². The van der Waals surface area contributed by atoms with E-state index in [0.29, 0.717) is 16.8 Å². The van der Waals surface area contributed by atoms with Crippen molar-refractivity contribution in [1.29, 1.82) is 0 Å². The number of furan rings is 1. The highest BCUT2D eigenvalue weighted by atomic mass is 16.4. The maximum absolute atomic E-state index is 12.2. The molecule has 4 rings (SSSR count). The van der Waals surface area contributed by atoms with Gasteiger partial charge in [0.15, 0.2) is 11.4 Å². The van der Waals surface area contributed by atoms with E-state index >= 15 is 0 Å². The summed E-state index contributed by atoms with van der Waals surface area (Å²) in [5.74, 6) is 0.537. The molecule has 0 spiro atoms. The van der Waals surface area contributed by atoms with Gasteiger partial charge in [0.25, 0.3) is 5.89 Å². The summed E-state index contributed by atoms with van der Waals surface area (Å²) in [6, 6.07) is 9.36. The summed E-state index contributed by atoms with van der Waals surface area (Å²) in [4.78, 5) is 16.6. The number of hydrogen-bond acceptors (Lipinski definition) is 5. The van der Waals surface area contributed by atoms with Crippen LogP contribution in [-0.4, -0.2) is 14.8 Å². The van der Waals surface area contributed by atoms with Gasteiger partial charge >= 0.3 is 5.63 Å². The summed E-state index contributed by atoms with van der Waals surface area (Å²) >= 11 is 0. The van der Waals surface area contributed by atoms with Gasteiger partial charge in [-0.15, -0.1) is 0 Å². The van der Waals surface area contributed by atoms with Gasteiger partial charge in [0, 0.05) is 0 Å². The highest BCUT2D eigenvalue weighted by molar-refractivity contribution is 5.76. The van der Waals surface area contributed by atoms with Crippen molar-refractivity contribution in [1.82, 2.24) is 14.8 Å². The number of aromatic nitrogens is 3. The Kier molecular flexibility index (Phi) is 2.90. The van der Waals surface area contributed by atoms with E-state index in [2.05, 4.69) is 10.1 Å². The Morgan fingerprint density at radius 1 is 1.13 bits per heavy atom. The molecule has 0 unspecified atom stereocenters. The molecule has 0 radical (unpaired) electrons. The average molecular weight is 307 g/mol. The molecule has 3 aromatic heterocycles. The van der Waals surface area contributed by atoms with Gasteiger partial charge in [0.1, 0.15) is 5.39 Å². The molecule has 0 saturated heterocycles. The summed E-state index contributed by atoms with van der Waals surface area (Å²) in [6.07, 6.45) is 2.97. The third-order valence-electron chi connectivity index (χ3n) is 3.83. The van der Waals surface area contributed by atoms with Crippen LogP contribution in [0.3, 0.4) is 0 Å². The minimum atomic E-state index is -0.489. The number of nitrogens with zero attached hydrogens (tertiary/aromatic N) is 3. The molecular weight excluding hydrogens is 294 g/mol. The molecule has 0 aliphatic heterocycles. The largest absolute Gasteiger partial charge is 0.459 e. The second-order valence-electron chi connectivity index (χ2n) is 5.35. The van der Waals surface area contributed by atoms with Gasteiger partial charge in [-0.05, 0) is 49.2 Å². The van der Waals surface area contributed by atoms with Gasteiger partial charge in [-0.1, -0.05) is 6.07 Å². The Hall–Kier alpha value is -3.15. The van der Waals surface area contributed by atoms with E-state index in [1.54, 1.807) is 16.8 Å². The van der Waals surface area contributed by atoms with Crippen LogP contribution < -0.4 is 5.63 Å². The molecule has 3 heterocycles. The topological polar surface area (TPSA) is 74.1 Å². The zero-order chi connectivity index (χ0) is 16.0. The first-order chi connectivity index (χ1) is 11.1. The molecule has 4 aromatic rings. The van der Waals surface area contributed by atoms with E-state index in [0.717, 1.165) is 11.3 Å². The van der Waals surface area contributed by atoms with Crippen LogP contribution in [0.15, 0.2) is 56.4 Å². The molecule has 6 heteroatoms. The van der Waals surface area contributed by atoms with E-state index in [9.17, 15) is 4.79 Å². The number of benzene rings is 1. The van der Waals surface area contributed by atoms with Gasteiger partial charge in [-0.3, -0.25) is 0 Å². The summed E-state index contributed by atoms with van der Waals surface area (Å²) in [5.41, 5.74) is 3.12. The SMILES string of the molecule is Cc1ccc(-n2ncc3c(=O)oc(-c4ccco4)nc32)cc1C. The second kappa shape index (κ2) is 4.95. The molecule has 1 aromatic carbocycles. The van der Waals surface area contributed by atoms with Gasteiger partial charge in [0.05, 0.1) is 18.1 Å². The monoisotopic (exact) mass is 307 g/mol. The van der Waals surface area contributed by atoms with Crippen molar-refractivity contribution in [3.8, 4) is 17.3 Å². The summed E-state index contributed by atoms with van der Waals surface area (Å²) < 4.78 is 12.1. The van der Waals surface area contributed by atoms with Gasteiger partial charge in [-0.2, -0.15) is 10.1 Å². The van der Waals surface area contributed by atoms with Crippen molar-refractivity contribution in [2.24, 2.45) is 0 Å². The molecule has 0 saturated carbocycles. The van der Waals surface area contributed by atoms with E-state index in [-0.39, 0.29) is 5.89 Å². The van der Waals surface area contributed by atoms with Crippen LogP contribution in [0.25, 0.3) is 28.4 Å². The smallest absolute Gasteiger partial charge is 0.350 e. The standard InChI is InChI=1S/C17H13N3O3/c1-10-5-6-12(8-11(10)2)20-15-13(9-18-20)17(21)23-16(19-15)14-4-3-7-22-14/h3-9H,1-2H3. The lowest BCUT2D eigenvalue weighted by atomic mass is 10.1. The molecule has 0 aliphatic carbocycles. The predicted octanol–water partition coefficient (Wildman–Crippen LogP) is 3.25. The minimum absolute atomic E-state index is 0.137. The molecule has 0 fully saturated rings. The van der Waals surface area contributed by atoms with Crippen LogP contribution in [0.5, 0.6) is 0 Å². The second-order valence-corrected chi connectivity index (χ2v) is 5.35. The Bertz CT molecular complexity index is 1060. The highest BCUT2D eigenvalue weighted by Crippen LogP contribution is 2.21. The van der Waals surface area contributed by atoms with Crippen LogP contribution >= 0.6 is 0 Å². The Morgan fingerprint density at radius 2 is 2.00 bits per heavy atom. The molecule has 23 heavy (non-hydrogen) atoms. The lowest BCUT2D eigenvalue weighted by Crippen LogP contribution is -2.04. The summed E-state index contributed by atoms with van der Waals surface area (Å²) in [7, 11) is 0.